The molecule has 0 bridgehead atoms. The van der Waals surface area contributed by atoms with E-state index in [1.807, 2.05) is 49.0 Å². The molecule has 0 aliphatic carbocycles. The molecule has 0 spiro atoms. The highest BCUT2D eigenvalue weighted by atomic mass is 32.2. The Kier molecular flexibility index (Phi) is 7.60. The summed E-state index contributed by atoms with van der Waals surface area (Å²) in [5, 5.41) is 3.13. The molecule has 1 amide bonds. The first-order chi connectivity index (χ1) is 9.19. The molecule has 4 heteroatoms. The van der Waals surface area contributed by atoms with Crippen molar-refractivity contribution in [2.45, 2.75) is 18.9 Å². The van der Waals surface area contributed by atoms with E-state index in [-0.39, 0.29) is 11.9 Å². The predicted molar refractivity (Wildman–Crippen MR) is 83.6 cm³/mol. The highest BCUT2D eigenvalue weighted by Gasteiger charge is 2.20. The monoisotopic (exact) mass is 280 g/mol. The molecule has 0 aliphatic heterocycles. The number of rotatable bonds is 8. The maximum absolute atomic E-state index is 12.3. The van der Waals surface area contributed by atoms with E-state index in [0.717, 1.165) is 25.1 Å². The molecule has 0 saturated heterocycles. The molecule has 1 atom stereocenters. The van der Waals surface area contributed by atoms with E-state index in [1.54, 1.807) is 0 Å². The van der Waals surface area contributed by atoms with Gasteiger partial charge in [0.15, 0.2) is 0 Å². The van der Waals surface area contributed by atoms with Gasteiger partial charge in [-0.25, -0.2) is 0 Å². The zero-order valence-electron chi connectivity index (χ0n) is 12.1. The second-order valence-corrected chi connectivity index (χ2v) is 5.62. The largest absolute Gasteiger partial charge is 0.344 e. The van der Waals surface area contributed by atoms with Gasteiger partial charge in [-0.3, -0.25) is 4.79 Å². The van der Waals surface area contributed by atoms with Crippen molar-refractivity contribution < 1.29 is 4.79 Å². The second kappa shape index (κ2) is 8.99. The Morgan fingerprint density at radius 2 is 2.05 bits per heavy atom. The van der Waals surface area contributed by atoms with E-state index in [2.05, 4.69) is 23.7 Å². The fourth-order valence-electron chi connectivity index (χ4n) is 1.98. The zero-order valence-corrected chi connectivity index (χ0v) is 12.9. The van der Waals surface area contributed by atoms with Gasteiger partial charge in [0.1, 0.15) is 0 Å². The third kappa shape index (κ3) is 5.66. The maximum atomic E-state index is 12.3. The number of benzene rings is 1. The van der Waals surface area contributed by atoms with Crippen molar-refractivity contribution in [1.82, 2.24) is 10.2 Å². The average molecular weight is 280 g/mol. The molecule has 1 aromatic carbocycles. The predicted octanol–water partition coefficient (Wildman–Crippen LogP) is 2.03. The van der Waals surface area contributed by atoms with E-state index in [0.29, 0.717) is 0 Å². The van der Waals surface area contributed by atoms with Gasteiger partial charge in [0.25, 0.3) is 0 Å². The Bertz CT molecular complexity index is 370. The number of carbonyl (C=O) groups is 1. The topological polar surface area (TPSA) is 32.3 Å². The first-order valence-corrected chi connectivity index (χ1v) is 8.03. The maximum Gasteiger partial charge on any atom is 0.239 e. The van der Waals surface area contributed by atoms with Crippen LogP contribution < -0.4 is 5.32 Å². The first kappa shape index (κ1) is 16.1. The van der Waals surface area contributed by atoms with Crippen molar-refractivity contribution in [3.63, 3.8) is 0 Å². The van der Waals surface area contributed by atoms with Gasteiger partial charge in [0.2, 0.25) is 5.91 Å². The summed E-state index contributed by atoms with van der Waals surface area (Å²) in [6.07, 6.45) is 3.88. The summed E-state index contributed by atoms with van der Waals surface area (Å²) < 4.78 is 0. The van der Waals surface area contributed by atoms with Gasteiger partial charge in [-0.2, -0.15) is 11.8 Å². The number of hydrogen-bond donors (Lipinski definition) is 1. The van der Waals surface area contributed by atoms with Crippen LogP contribution in [-0.2, 0) is 11.2 Å². The van der Waals surface area contributed by atoms with Crippen LogP contribution in [0.3, 0.4) is 0 Å². The lowest BCUT2D eigenvalue weighted by Crippen LogP contribution is -2.45. The van der Waals surface area contributed by atoms with Gasteiger partial charge in [-0.1, -0.05) is 30.3 Å². The molecule has 1 rings (SSSR count). The van der Waals surface area contributed by atoms with Gasteiger partial charge < -0.3 is 10.2 Å². The Balaban J connectivity index is 2.51. The molecule has 0 radical (unpaired) electrons. The van der Waals surface area contributed by atoms with Crippen LogP contribution in [0, 0.1) is 0 Å². The number of amides is 1. The molecule has 19 heavy (non-hydrogen) atoms. The van der Waals surface area contributed by atoms with Gasteiger partial charge in [0.05, 0.1) is 6.04 Å². The number of likely N-dealkylation sites (N-methyl/N-ethyl adjacent to an activating group) is 2. The Hall–Kier alpha value is -1.00. The third-order valence-corrected chi connectivity index (χ3v) is 3.84. The van der Waals surface area contributed by atoms with Crippen LogP contribution in [0.1, 0.15) is 12.0 Å². The standard InChI is InChI=1S/C15H24N2OS/c1-16-14(12-13-8-5-4-6-9-13)15(18)17(2)10-7-11-19-3/h4-6,8-9,14,16H,7,10-12H2,1-3H3/t14-/m0/s1. The second-order valence-electron chi connectivity index (χ2n) is 4.64. The van der Waals surface area contributed by atoms with Crippen LogP contribution in [0.5, 0.6) is 0 Å². The molecular formula is C15H24N2OS. The summed E-state index contributed by atoms with van der Waals surface area (Å²) in [5.41, 5.74) is 1.19. The van der Waals surface area contributed by atoms with Crippen molar-refractivity contribution in [2.75, 3.05) is 32.6 Å². The van der Waals surface area contributed by atoms with Crippen LogP contribution in [0.4, 0.5) is 0 Å². The lowest BCUT2D eigenvalue weighted by molar-refractivity contribution is -0.132. The molecule has 1 N–H and O–H groups in total. The molecule has 0 aliphatic rings. The Labute approximate surface area is 120 Å². The number of carbonyl (C=O) groups excluding carboxylic acids is 1. The molecule has 1 aromatic rings. The summed E-state index contributed by atoms with van der Waals surface area (Å²) in [5.74, 6) is 1.27. The normalized spacial score (nSPS) is 12.2. The fraction of sp³-hybridized carbons (Fsp3) is 0.533. The number of nitrogens with zero attached hydrogens (tertiary/aromatic N) is 1. The summed E-state index contributed by atoms with van der Waals surface area (Å²) in [7, 11) is 3.74. The van der Waals surface area contributed by atoms with Gasteiger partial charge in [-0.05, 0) is 37.5 Å². The molecular weight excluding hydrogens is 256 g/mol. The highest BCUT2D eigenvalue weighted by molar-refractivity contribution is 7.98. The molecule has 0 saturated carbocycles. The highest BCUT2D eigenvalue weighted by Crippen LogP contribution is 2.06. The molecule has 0 unspecified atom stereocenters. The van der Waals surface area contributed by atoms with Gasteiger partial charge >= 0.3 is 0 Å². The van der Waals surface area contributed by atoms with Crippen molar-refractivity contribution >= 4 is 17.7 Å². The van der Waals surface area contributed by atoms with Crippen molar-refractivity contribution in [3.05, 3.63) is 35.9 Å². The van der Waals surface area contributed by atoms with E-state index < -0.39 is 0 Å². The molecule has 0 heterocycles. The lowest BCUT2D eigenvalue weighted by Gasteiger charge is -2.23. The van der Waals surface area contributed by atoms with E-state index >= 15 is 0 Å². The van der Waals surface area contributed by atoms with E-state index in [1.165, 1.54) is 5.56 Å². The molecule has 0 fully saturated rings. The minimum Gasteiger partial charge on any atom is -0.344 e. The smallest absolute Gasteiger partial charge is 0.239 e. The first-order valence-electron chi connectivity index (χ1n) is 6.64. The van der Waals surface area contributed by atoms with E-state index in [4.69, 9.17) is 0 Å². The lowest BCUT2D eigenvalue weighted by atomic mass is 10.1. The SMILES string of the molecule is CN[C@@H](Cc1ccccc1)C(=O)N(C)CCCSC. The summed E-state index contributed by atoms with van der Waals surface area (Å²) in [6, 6.07) is 10.00. The van der Waals surface area contributed by atoms with Gasteiger partial charge in [-0.15, -0.1) is 0 Å². The average Bonchev–Trinajstić information content (AvgIpc) is 2.45. The summed E-state index contributed by atoms with van der Waals surface area (Å²) >= 11 is 1.82. The number of nitrogens with one attached hydrogen (secondary N) is 1. The van der Waals surface area contributed by atoms with Gasteiger partial charge in [0, 0.05) is 13.6 Å². The van der Waals surface area contributed by atoms with Crippen LogP contribution in [-0.4, -0.2) is 49.5 Å². The minimum atomic E-state index is -0.137. The van der Waals surface area contributed by atoms with Crippen molar-refractivity contribution in [1.29, 1.82) is 0 Å². The zero-order chi connectivity index (χ0) is 14.1. The van der Waals surface area contributed by atoms with Crippen LogP contribution in [0.25, 0.3) is 0 Å². The van der Waals surface area contributed by atoms with Crippen molar-refractivity contribution in [2.24, 2.45) is 0 Å². The fourth-order valence-corrected chi connectivity index (χ4v) is 2.40. The number of hydrogen-bond acceptors (Lipinski definition) is 3. The van der Waals surface area contributed by atoms with Crippen LogP contribution in [0.2, 0.25) is 0 Å². The minimum absolute atomic E-state index is 0.137. The Morgan fingerprint density at radius 1 is 1.37 bits per heavy atom. The molecule has 3 nitrogen and oxygen atoms in total. The summed E-state index contributed by atoms with van der Waals surface area (Å²) in [6.45, 7) is 0.826. The third-order valence-electron chi connectivity index (χ3n) is 3.15. The molecule has 0 aromatic heterocycles. The quantitative estimate of drug-likeness (QED) is 0.740. The van der Waals surface area contributed by atoms with Crippen LogP contribution in [0.15, 0.2) is 30.3 Å². The summed E-state index contributed by atoms with van der Waals surface area (Å²) in [4.78, 5) is 14.2. The van der Waals surface area contributed by atoms with Crippen LogP contribution >= 0.6 is 11.8 Å². The molecule has 106 valence electrons. The Morgan fingerprint density at radius 3 is 2.63 bits per heavy atom. The van der Waals surface area contributed by atoms with E-state index in [9.17, 15) is 4.79 Å². The number of thioether (sulfide) groups is 1. The van der Waals surface area contributed by atoms with Crippen molar-refractivity contribution in [3.8, 4) is 0 Å².